The molecule has 0 saturated carbocycles. The maximum atomic E-state index is 12.5. The maximum absolute atomic E-state index is 12.5. The first-order valence-electron chi connectivity index (χ1n) is 8.63. The van der Waals surface area contributed by atoms with E-state index in [1.165, 1.54) is 0 Å². The molecule has 0 saturated heterocycles. The highest BCUT2D eigenvalue weighted by Gasteiger charge is 2.23. The molecule has 0 unspecified atom stereocenters. The number of nitrogens with two attached hydrogens (primary N) is 1. The van der Waals surface area contributed by atoms with Gasteiger partial charge in [0.1, 0.15) is 0 Å². The molecule has 1 aliphatic rings. The first-order valence-corrected chi connectivity index (χ1v) is 8.63. The lowest BCUT2D eigenvalue weighted by Gasteiger charge is -2.30. The summed E-state index contributed by atoms with van der Waals surface area (Å²) in [5.41, 5.74) is 9.69. The summed E-state index contributed by atoms with van der Waals surface area (Å²) >= 11 is 0. The lowest BCUT2D eigenvalue weighted by Crippen LogP contribution is -2.38. The molecule has 0 aromatic heterocycles. The van der Waals surface area contributed by atoms with E-state index in [0.29, 0.717) is 19.5 Å². The van der Waals surface area contributed by atoms with E-state index in [4.69, 9.17) is 5.73 Å². The standard InChI is InChI=1S/C20H23N3O2/c21-17-9-4-10-18-16(17)8-5-13-23(18)20(25)11-12-22-19(24)14-15-6-2-1-3-7-15/h1-4,6-7,9-10H,5,8,11-14,21H2,(H,22,24). The van der Waals surface area contributed by atoms with E-state index in [1.54, 1.807) is 4.90 Å². The van der Waals surface area contributed by atoms with Gasteiger partial charge in [0.2, 0.25) is 11.8 Å². The van der Waals surface area contributed by atoms with Gasteiger partial charge in [-0.1, -0.05) is 36.4 Å². The van der Waals surface area contributed by atoms with Crippen LogP contribution in [0.25, 0.3) is 0 Å². The van der Waals surface area contributed by atoms with Gasteiger partial charge in [0, 0.05) is 30.9 Å². The van der Waals surface area contributed by atoms with Crippen molar-refractivity contribution in [2.24, 2.45) is 0 Å². The summed E-state index contributed by atoms with van der Waals surface area (Å²) in [4.78, 5) is 26.3. The van der Waals surface area contributed by atoms with Crippen LogP contribution in [0.15, 0.2) is 48.5 Å². The Bertz CT molecular complexity index is 759. The number of anilines is 2. The third kappa shape index (κ3) is 4.18. The van der Waals surface area contributed by atoms with E-state index in [2.05, 4.69) is 5.32 Å². The minimum Gasteiger partial charge on any atom is -0.398 e. The molecular weight excluding hydrogens is 314 g/mol. The van der Waals surface area contributed by atoms with Gasteiger partial charge in [0.05, 0.1) is 6.42 Å². The van der Waals surface area contributed by atoms with E-state index in [-0.39, 0.29) is 18.2 Å². The molecule has 3 N–H and O–H groups in total. The number of hydrogen-bond donors (Lipinski definition) is 2. The SMILES string of the molecule is Nc1cccc2c1CCCN2C(=O)CCNC(=O)Cc1ccccc1. The molecule has 0 radical (unpaired) electrons. The number of nitrogens with one attached hydrogen (secondary N) is 1. The number of amides is 2. The molecule has 3 rings (SSSR count). The zero-order valence-corrected chi connectivity index (χ0v) is 14.2. The molecule has 1 heterocycles. The van der Waals surface area contributed by atoms with Crippen molar-refractivity contribution in [3.63, 3.8) is 0 Å². The van der Waals surface area contributed by atoms with Crippen molar-refractivity contribution in [1.29, 1.82) is 0 Å². The Morgan fingerprint density at radius 2 is 1.88 bits per heavy atom. The molecule has 130 valence electrons. The first kappa shape index (κ1) is 17.0. The minimum absolute atomic E-state index is 0.0200. The van der Waals surface area contributed by atoms with E-state index in [1.807, 2.05) is 48.5 Å². The van der Waals surface area contributed by atoms with Crippen LogP contribution in [0, 0.1) is 0 Å². The minimum atomic E-state index is -0.0673. The van der Waals surface area contributed by atoms with Crippen molar-refractivity contribution < 1.29 is 9.59 Å². The predicted octanol–water partition coefficient (Wildman–Crippen LogP) is 2.30. The van der Waals surface area contributed by atoms with Crippen LogP contribution in [0.3, 0.4) is 0 Å². The largest absolute Gasteiger partial charge is 0.398 e. The third-order valence-electron chi connectivity index (χ3n) is 4.46. The number of carbonyl (C=O) groups is 2. The number of carbonyl (C=O) groups excluding carboxylic acids is 2. The van der Waals surface area contributed by atoms with E-state index < -0.39 is 0 Å². The molecule has 0 atom stereocenters. The van der Waals surface area contributed by atoms with Gasteiger partial charge in [0.25, 0.3) is 0 Å². The van der Waals surface area contributed by atoms with Crippen LogP contribution < -0.4 is 16.0 Å². The van der Waals surface area contributed by atoms with Gasteiger partial charge >= 0.3 is 0 Å². The second kappa shape index (κ2) is 7.83. The Hall–Kier alpha value is -2.82. The summed E-state index contributed by atoms with van der Waals surface area (Å²) in [6.45, 7) is 1.05. The Labute approximate surface area is 147 Å². The molecular formula is C20H23N3O2. The van der Waals surface area contributed by atoms with Crippen molar-refractivity contribution in [3.05, 3.63) is 59.7 Å². The topological polar surface area (TPSA) is 75.4 Å². The van der Waals surface area contributed by atoms with Crippen molar-refractivity contribution in [3.8, 4) is 0 Å². The fraction of sp³-hybridized carbons (Fsp3) is 0.300. The molecule has 2 aromatic rings. The molecule has 25 heavy (non-hydrogen) atoms. The summed E-state index contributed by atoms with van der Waals surface area (Å²) in [5, 5.41) is 2.83. The number of benzene rings is 2. The number of hydrogen-bond acceptors (Lipinski definition) is 3. The zero-order chi connectivity index (χ0) is 17.6. The van der Waals surface area contributed by atoms with E-state index in [0.717, 1.165) is 35.3 Å². The quantitative estimate of drug-likeness (QED) is 0.822. The summed E-state index contributed by atoms with van der Waals surface area (Å²) in [6, 6.07) is 15.3. The molecule has 2 aromatic carbocycles. The Kier molecular flexibility index (Phi) is 5.33. The van der Waals surface area contributed by atoms with Crippen LogP contribution in [0.5, 0.6) is 0 Å². The van der Waals surface area contributed by atoms with Gasteiger partial charge in [0.15, 0.2) is 0 Å². The molecule has 5 nitrogen and oxygen atoms in total. The Morgan fingerprint density at radius 3 is 2.68 bits per heavy atom. The fourth-order valence-corrected chi connectivity index (χ4v) is 3.20. The third-order valence-corrected chi connectivity index (χ3v) is 4.46. The van der Waals surface area contributed by atoms with Gasteiger partial charge in [-0.05, 0) is 36.1 Å². The van der Waals surface area contributed by atoms with Crippen molar-refractivity contribution >= 4 is 23.2 Å². The zero-order valence-electron chi connectivity index (χ0n) is 14.2. The van der Waals surface area contributed by atoms with Gasteiger partial charge in [-0.25, -0.2) is 0 Å². The lowest BCUT2D eigenvalue weighted by molar-refractivity contribution is -0.121. The van der Waals surface area contributed by atoms with Gasteiger partial charge in [-0.15, -0.1) is 0 Å². The highest BCUT2D eigenvalue weighted by Crippen LogP contribution is 2.31. The molecule has 0 bridgehead atoms. The first-order chi connectivity index (χ1) is 12.1. The smallest absolute Gasteiger partial charge is 0.228 e. The number of nitrogens with zero attached hydrogens (tertiary/aromatic N) is 1. The van der Waals surface area contributed by atoms with E-state index in [9.17, 15) is 9.59 Å². The maximum Gasteiger partial charge on any atom is 0.228 e. The summed E-state index contributed by atoms with van der Waals surface area (Å²) in [7, 11) is 0. The van der Waals surface area contributed by atoms with E-state index >= 15 is 0 Å². The van der Waals surface area contributed by atoms with Gasteiger partial charge < -0.3 is 16.0 Å². The predicted molar refractivity (Wildman–Crippen MR) is 99.3 cm³/mol. The van der Waals surface area contributed by atoms with Crippen LogP contribution in [0.4, 0.5) is 11.4 Å². The van der Waals surface area contributed by atoms with Crippen LogP contribution in [0.2, 0.25) is 0 Å². The van der Waals surface area contributed by atoms with Crippen LogP contribution in [0.1, 0.15) is 24.0 Å². The average Bonchev–Trinajstić information content (AvgIpc) is 2.62. The summed E-state index contributed by atoms with van der Waals surface area (Å²) in [5.74, 6) is -0.0474. The second-order valence-corrected chi connectivity index (χ2v) is 6.26. The average molecular weight is 337 g/mol. The molecule has 0 spiro atoms. The fourth-order valence-electron chi connectivity index (χ4n) is 3.20. The highest BCUT2D eigenvalue weighted by molar-refractivity contribution is 5.95. The molecule has 5 heteroatoms. The van der Waals surface area contributed by atoms with Crippen LogP contribution in [-0.2, 0) is 22.4 Å². The monoisotopic (exact) mass is 337 g/mol. The normalized spacial score (nSPS) is 13.2. The van der Waals surface area contributed by atoms with Gasteiger partial charge in [-0.2, -0.15) is 0 Å². The van der Waals surface area contributed by atoms with Crippen LogP contribution >= 0.6 is 0 Å². The molecule has 0 aliphatic carbocycles. The van der Waals surface area contributed by atoms with Crippen molar-refractivity contribution in [2.45, 2.75) is 25.7 Å². The Balaban J connectivity index is 1.52. The Morgan fingerprint density at radius 1 is 1.08 bits per heavy atom. The second-order valence-electron chi connectivity index (χ2n) is 6.26. The summed E-state index contributed by atoms with van der Waals surface area (Å²) < 4.78 is 0. The number of rotatable bonds is 5. The lowest BCUT2D eigenvalue weighted by atomic mass is 9.99. The van der Waals surface area contributed by atoms with Crippen molar-refractivity contribution in [1.82, 2.24) is 5.32 Å². The molecule has 1 aliphatic heterocycles. The number of nitrogen functional groups attached to an aromatic ring is 1. The van der Waals surface area contributed by atoms with Crippen molar-refractivity contribution in [2.75, 3.05) is 23.7 Å². The molecule has 2 amide bonds. The molecule has 0 fully saturated rings. The summed E-state index contributed by atoms with van der Waals surface area (Å²) in [6.07, 6.45) is 2.43. The highest BCUT2D eigenvalue weighted by atomic mass is 16.2. The van der Waals surface area contributed by atoms with Gasteiger partial charge in [-0.3, -0.25) is 9.59 Å². The van der Waals surface area contributed by atoms with Crippen LogP contribution in [-0.4, -0.2) is 24.9 Å². The number of fused-ring (bicyclic) bond motifs is 1.